The van der Waals surface area contributed by atoms with Crippen molar-refractivity contribution < 1.29 is 14.3 Å². The van der Waals surface area contributed by atoms with Gasteiger partial charge in [0.1, 0.15) is 5.75 Å². The molecule has 190 valence electrons. The lowest BCUT2D eigenvalue weighted by molar-refractivity contribution is -0.122. The Labute approximate surface area is 215 Å². The van der Waals surface area contributed by atoms with Gasteiger partial charge < -0.3 is 20.7 Å². The highest BCUT2D eigenvalue weighted by atomic mass is 35.5. The van der Waals surface area contributed by atoms with Crippen molar-refractivity contribution in [2.75, 3.05) is 32.1 Å². The Balaban J connectivity index is 1.40. The number of hydrogen-bond acceptors (Lipinski definition) is 6. The molecule has 2 atom stereocenters. The zero-order valence-corrected chi connectivity index (χ0v) is 21.0. The number of likely N-dealkylation sites (tertiary alicyclic amines) is 1. The third-order valence-electron chi connectivity index (χ3n) is 6.25. The van der Waals surface area contributed by atoms with Crippen molar-refractivity contribution in [2.45, 2.75) is 24.9 Å². The van der Waals surface area contributed by atoms with Crippen LogP contribution < -0.4 is 20.7 Å². The molecule has 3 amide bonds. The van der Waals surface area contributed by atoms with Crippen LogP contribution in [0.1, 0.15) is 23.7 Å². The molecule has 1 aliphatic rings. The predicted molar refractivity (Wildman–Crippen MR) is 137 cm³/mol. The lowest BCUT2D eigenvalue weighted by Gasteiger charge is -2.38. The molecule has 0 bridgehead atoms. The van der Waals surface area contributed by atoms with E-state index in [-0.39, 0.29) is 30.4 Å². The smallest absolute Gasteiger partial charge is 0.319 e. The average molecular weight is 512 g/mol. The zero-order chi connectivity index (χ0) is 25.5. The molecule has 2 unspecified atom stereocenters. The number of methoxy groups -OCH3 is 1. The predicted octanol–water partition coefficient (Wildman–Crippen LogP) is 2.77. The highest BCUT2D eigenvalue weighted by Gasteiger charge is 2.33. The first-order valence-corrected chi connectivity index (χ1v) is 12.1. The van der Waals surface area contributed by atoms with Gasteiger partial charge in [0.05, 0.1) is 32.1 Å². The van der Waals surface area contributed by atoms with Gasteiger partial charge in [0, 0.05) is 54.7 Å². The summed E-state index contributed by atoms with van der Waals surface area (Å²) < 4.78 is 6.98. The van der Waals surface area contributed by atoms with Gasteiger partial charge in [-0.25, -0.2) is 4.79 Å². The maximum absolute atomic E-state index is 12.7. The van der Waals surface area contributed by atoms with Crippen LogP contribution in [0, 0.1) is 0 Å². The van der Waals surface area contributed by atoms with Gasteiger partial charge in [0.25, 0.3) is 0 Å². The second kappa shape index (κ2) is 11.9. The average Bonchev–Trinajstić information content (AvgIpc) is 3.29. The monoisotopic (exact) mass is 511 g/mol. The molecule has 1 saturated heterocycles. The molecule has 4 rings (SSSR count). The van der Waals surface area contributed by atoms with Gasteiger partial charge in [-0.2, -0.15) is 5.10 Å². The summed E-state index contributed by atoms with van der Waals surface area (Å²) in [6.45, 7) is 1.91. The molecule has 3 N–H and O–H groups in total. The number of carbonyl (C=O) groups is 2. The number of anilines is 1. The number of aryl methyl sites for hydroxylation is 1. The van der Waals surface area contributed by atoms with E-state index in [0.717, 1.165) is 11.4 Å². The van der Waals surface area contributed by atoms with E-state index in [0.29, 0.717) is 42.5 Å². The van der Waals surface area contributed by atoms with E-state index in [9.17, 15) is 9.59 Å². The summed E-state index contributed by atoms with van der Waals surface area (Å²) in [5.74, 6) is 0.487. The second-order valence-electron chi connectivity index (χ2n) is 8.69. The van der Waals surface area contributed by atoms with E-state index in [1.54, 1.807) is 48.5 Å². The summed E-state index contributed by atoms with van der Waals surface area (Å²) >= 11 is 5.93. The maximum atomic E-state index is 12.7. The number of aromatic nitrogens is 3. The van der Waals surface area contributed by atoms with Crippen molar-refractivity contribution in [3.05, 3.63) is 71.3 Å². The van der Waals surface area contributed by atoms with Crippen LogP contribution in [0.4, 0.5) is 10.5 Å². The summed E-state index contributed by atoms with van der Waals surface area (Å²) in [5.41, 5.74) is 2.41. The van der Waals surface area contributed by atoms with Crippen LogP contribution >= 0.6 is 11.6 Å². The fourth-order valence-corrected chi connectivity index (χ4v) is 4.39. The number of benzene rings is 1. The zero-order valence-electron chi connectivity index (χ0n) is 20.3. The van der Waals surface area contributed by atoms with Gasteiger partial charge in [0.15, 0.2) is 0 Å². The van der Waals surface area contributed by atoms with E-state index in [1.165, 1.54) is 0 Å². The lowest BCUT2D eigenvalue weighted by atomic mass is 9.88. The minimum atomic E-state index is -0.303. The number of ether oxygens (including phenoxy) is 1. The molecule has 36 heavy (non-hydrogen) atoms. The molecule has 10 nitrogen and oxygen atoms in total. The number of piperidine rings is 1. The summed E-state index contributed by atoms with van der Waals surface area (Å²) in [4.78, 5) is 32.0. The minimum Gasteiger partial charge on any atom is -0.495 e. The first kappa shape index (κ1) is 25.5. The van der Waals surface area contributed by atoms with Crippen LogP contribution in [0.2, 0.25) is 5.02 Å². The summed E-state index contributed by atoms with van der Waals surface area (Å²) in [6, 6.07) is 12.1. The van der Waals surface area contributed by atoms with Crippen molar-refractivity contribution >= 4 is 29.2 Å². The molecule has 2 aromatic heterocycles. The van der Waals surface area contributed by atoms with Crippen molar-refractivity contribution in [2.24, 2.45) is 7.05 Å². The Morgan fingerprint density at radius 2 is 1.97 bits per heavy atom. The number of nitrogens with one attached hydrogen (secondary N) is 3. The number of nitrogens with zero attached hydrogens (tertiary/aromatic N) is 4. The van der Waals surface area contributed by atoms with Crippen LogP contribution in [0.25, 0.3) is 0 Å². The molecule has 3 heterocycles. The van der Waals surface area contributed by atoms with Crippen LogP contribution in [0.15, 0.2) is 54.9 Å². The van der Waals surface area contributed by atoms with Gasteiger partial charge in [-0.1, -0.05) is 11.6 Å². The van der Waals surface area contributed by atoms with Gasteiger partial charge in [0.2, 0.25) is 5.91 Å². The molecule has 1 fully saturated rings. The molecule has 3 aromatic rings. The van der Waals surface area contributed by atoms with Gasteiger partial charge in [-0.3, -0.25) is 19.4 Å². The van der Waals surface area contributed by atoms with Crippen LogP contribution in [0.5, 0.6) is 5.75 Å². The van der Waals surface area contributed by atoms with Crippen molar-refractivity contribution in [1.29, 1.82) is 0 Å². The normalized spacial score (nSPS) is 17.9. The number of pyridine rings is 1. The highest BCUT2D eigenvalue weighted by molar-refractivity contribution is 6.30. The van der Waals surface area contributed by atoms with Crippen molar-refractivity contribution in [3.63, 3.8) is 0 Å². The number of rotatable bonds is 8. The van der Waals surface area contributed by atoms with E-state index < -0.39 is 0 Å². The fraction of sp³-hybridized carbons (Fsp3) is 0.360. The Bertz CT molecular complexity index is 1170. The summed E-state index contributed by atoms with van der Waals surface area (Å²) in [5, 5.41) is 13.6. The molecular formula is C25H30ClN7O3. The molecule has 1 aromatic carbocycles. The van der Waals surface area contributed by atoms with Crippen molar-refractivity contribution in [1.82, 2.24) is 30.3 Å². The quantitative estimate of drug-likeness (QED) is 0.428. The molecule has 0 radical (unpaired) electrons. The number of hydrogen-bond donors (Lipinski definition) is 3. The molecule has 1 aliphatic heterocycles. The molecule has 0 aliphatic carbocycles. The van der Waals surface area contributed by atoms with E-state index >= 15 is 0 Å². The van der Waals surface area contributed by atoms with Gasteiger partial charge in [-0.05, 0) is 48.9 Å². The van der Waals surface area contributed by atoms with E-state index in [4.69, 9.17) is 16.3 Å². The molecule has 0 saturated carbocycles. The number of carbonyl (C=O) groups excluding carboxylic acids is 2. The maximum Gasteiger partial charge on any atom is 0.319 e. The fourth-order valence-electron chi connectivity index (χ4n) is 4.26. The summed E-state index contributed by atoms with van der Waals surface area (Å²) in [7, 11) is 3.43. The van der Waals surface area contributed by atoms with E-state index in [1.807, 2.05) is 25.2 Å². The van der Waals surface area contributed by atoms with Crippen LogP contribution in [-0.2, 0) is 18.4 Å². The number of urea groups is 1. The first-order chi connectivity index (χ1) is 17.4. The number of halogens is 1. The number of amides is 3. The first-order valence-electron chi connectivity index (χ1n) is 11.7. The largest absolute Gasteiger partial charge is 0.495 e. The third-order valence-corrected chi connectivity index (χ3v) is 6.50. The van der Waals surface area contributed by atoms with Crippen LogP contribution in [-0.4, -0.2) is 64.4 Å². The van der Waals surface area contributed by atoms with Crippen molar-refractivity contribution in [3.8, 4) is 5.75 Å². The molecule has 11 heteroatoms. The Hall–Kier alpha value is -3.63. The van der Waals surface area contributed by atoms with Gasteiger partial charge >= 0.3 is 6.03 Å². The Kier molecular flexibility index (Phi) is 8.40. The molecular weight excluding hydrogens is 482 g/mol. The summed E-state index contributed by atoms with van der Waals surface area (Å²) in [6.07, 6.45) is 4.04. The topological polar surface area (TPSA) is 113 Å². The molecule has 0 spiro atoms. The SMILES string of the molecule is COc1ccc(C2CN(CC(=O)NCc3ccnn3C)CCC2NC(=O)Nc2ccc(Cl)cc2)nc1. The Morgan fingerprint density at radius 1 is 1.17 bits per heavy atom. The van der Waals surface area contributed by atoms with E-state index in [2.05, 4.69) is 30.9 Å². The standard InChI is InChI=1S/C25H30ClN7O3/c1-32-19(9-11-29-32)13-28-24(34)16-33-12-10-23(21(15-33)22-8-7-20(36-2)14-27-22)31-25(35)30-18-5-3-17(26)4-6-18/h3-9,11,14,21,23H,10,12-13,15-16H2,1-2H3,(H,28,34)(H2,30,31,35). The second-order valence-corrected chi connectivity index (χ2v) is 9.12. The highest BCUT2D eigenvalue weighted by Crippen LogP contribution is 2.27. The third kappa shape index (κ3) is 6.73. The minimum absolute atomic E-state index is 0.0652. The Morgan fingerprint density at radius 3 is 2.64 bits per heavy atom. The van der Waals surface area contributed by atoms with Gasteiger partial charge in [-0.15, -0.1) is 0 Å². The van der Waals surface area contributed by atoms with Crippen LogP contribution in [0.3, 0.4) is 0 Å². The lowest BCUT2D eigenvalue weighted by Crippen LogP contribution is -2.52.